The first kappa shape index (κ1) is 19.3. The fourth-order valence-corrected chi connectivity index (χ4v) is 3.84. The number of piperidine rings is 1. The van der Waals surface area contributed by atoms with Crippen molar-refractivity contribution in [3.63, 3.8) is 0 Å². The van der Waals surface area contributed by atoms with Gasteiger partial charge in [0.05, 0.1) is 0 Å². The first-order valence-corrected chi connectivity index (χ1v) is 9.58. The number of likely N-dealkylation sites (N-methyl/N-ethyl adjacent to an activating group) is 1. The van der Waals surface area contributed by atoms with Crippen LogP contribution in [0.2, 0.25) is 0 Å². The van der Waals surface area contributed by atoms with Crippen molar-refractivity contribution in [1.29, 1.82) is 0 Å². The zero-order chi connectivity index (χ0) is 19.4. The number of rotatable bonds is 5. The van der Waals surface area contributed by atoms with E-state index in [1.54, 1.807) is 17.0 Å². The average molecular weight is 375 g/mol. The lowest BCUT2D eigenvalue weighted by molar-refractivity contribution is -0.157. The van der Waals surface area contributed by atoms with Crippen molar-refractivity contribution < 1.29 is 18.8 Å². The summed E-state index contributed by atoms with van der Waals surface area (Å²) in [4.78, 5) is 41.5. The molecule has 7 heteroatoms. The molecule has 3 amide bonds. The van der Waals surface area contributed by atoms with Gasteiger partial charge >= 0.3 is 11.8 Å². The third-order valence-electron chi connectivity index (χ3n) is 5.41. The van der Waals surface area contributed by atoms with Crippen molar-refractivity contribution in [2.75, 3.05) is 39.3 Å². The van der Waals surface area contributed by atoms with Gasteiger partial charge in [0.2, 0.25) is 5.91 Å². The van der Waals surface area contributed by atoms with Crippen LogP contribution in [0.4, 0.5) is 4.39 Å². The van der Waals surface area contributed by atoms with Gasteiger partial charge in [0.15, 0.2) is 0 Å². The zero-order valence-corrected chi connectivity index (χ0v) is 15.7. The topological polar surface area (TPSA) is 60.9 Å². The average Bonchev–Trinajstić information content (AvgIpc) is 2.68. The molecule has 2 saturated heterocycles. The maximum absolute atomic E-state index is 13.0. The Labute approximate surface area is 158 Å². The van der Waals surface area contributed by atoms with Gasteiger partial charge in [0.1, 0.15) is 12.4 Å². The number of carbonyl (C=O) groups is 3. The number of carbonyl (C=O) groups excluding carboxylic acids is 3. The molecule has 1 aromatic carbocycles. The molecule has 2 heterocycles. The van der Waals surface area contributed by atoms with Gasteiger partial charge < -0.3 is 14.7 Å². The molecule has 1 atom stereocenters. The van der Waals surface area contributed by atoms with E-state index in [2.05, 4.69) is 0 Å². The Morgan fingerprint density at radius 3 is 2.44 bits per heavy atom. The number of halogens is 1. The third-order valence-corrected chi connectivity index (χ3v) is 5.41. The Kier molecular flexibility index (Phi) is 6.08. The molecule has 0 aromatic heterocycles. The van der Waals surface area contributed by atoms with E-state index in [1.807, 2.05) is 6.92 Å². The molecule has 27 heavy (non-hydrogen) atoms. The van der Waals surface area contributed by atoms with Gasteiger partial charge in [-0.05, 0) is 49.8 Å². The summed E-state index contributed by atoms with van der Waals surface area (Å²) in [5.74, 6) is -1.14. The van der Waals surface area contributed by atoms with Crippen LogP contribution in [0.15, 0.2) is 24.3 Å². The quantitative estimate of drug-likeness (QED) is 0.729. The Hall–Kier alpha value is -2.44. The smallest absolute Gasteiger partial charge is 0.312 e. The Morgan fingerprint density at radius 2 is 1.74 bits per heavy atom. The van der Waals surface area contributed by atoms with E-state index in [-0.39, 0.29) is 18.3 Å². The van der Waals surface area contributed by atoms with Crippen molar-refractivity contribution in [1.82, 2.24) is 14.7 Å². The largest absolute Gasteiger partial charge is 0.341 e. The van der Waals surface area contributed by atoms with Crippen LogP contribution in [0.25, 0.3) is 0 Å². The van der Waals surface area contributed by atoms with Crippen LogP contribution in [0, 0.1) is 11.7 Å². The SMILES string of the molecule is CCN1CCN(CC(=O)N2CCCC(Cc3ccc(F)cc3)C2)C(=O)C1=O. The summed E-state index contributed by atoms with van der Waals surface area (Å²) in [5.41, 5.74) is 1.06. The fourth-order valence-electron chi connectivity index (χ4n) is 3.84. The summed E-state index contributed by atoms with van der Waals surface area (Å²) < 4.78 is 13.0. The highest BCUT2D eigenvalue weighted by atomic mass is 19.1. The van der Waals surface area contributed by atoms with Gasteiger partial charge in [-0.15, -0.1) is 0 Å². The summed E-state index contributed by atoms with van der Waals surface area (Å²) in [6.45, 7) is 4.48. The van der Waals surface area contributed by atoms with Crippen molar-refractivity contribution in [3.8, 4) is 0 Å². The Morgan fingerprint density at radius 1 is 1.07 bits per heavy atom. The van der Waals surface area contributed by atoms with E-state index in [9.17, 15) is 18.8 Å². The highest BCUT2D eigenvalue weighted by Gasteiger charge is 2.34. The van der Waals surface area contributed by atoms with Gasteiger partial charge in [-0.1, -0.05) is 12.1 Å². The lowest BCUT2D eigenvalue weighted by Gasteiger charge is -2.36. The third kappa shape index (κ3) is 4.64. The van der Waals surface area contributed by atoms with E-state index in [0.29, 0.717) is 38.6 Å². The normalized spacial score (nSPS) is 21.0. The predicted octanol–water partition coefficient (Wildman–Crippen LogP) is 1.30. The second-order valence-corrected chi connectivity index (χ2v) is 7.29. The van der Waals surface area contributed by atoms with Gasteiger partial charge in [0.25, 0.3) is 0 Å². The van der Waals surface area contributed by atoms with Gasteiger partial charge in [-0.3, -0.25) is 14.4 Å². The number of nitrogens with zero attached hydrogens (tertiary/aromatic N) is 3. The zero-order valence-electron chi connectivity index (χ0n) is 15.7. The van der Waals surface area contributed by atoms with Gasteiger partial charge in [0, 0.05) is 32.7 Å². The van der Waals surface area contributed by atoms with Crippen LogP contribution in [-0.2, 0) is 20.8 Å². The molecule has 1 unspecified atom stereocenters. The monoisotopic (exact) mass is 375 g/mol. The molecule has 0 N–H and O–H groups in total. The van der Waals surface area contributed by atoms with Crippen LogP contribution < -0.4 is 0 Å². The van der Waals surface area contributed by atoms with Crippen molar-refractivity contribution in [2.24, 2.45) is 5.92 Å². The second kappa shape index (κ2) is 8.50. The first-order chi connectivity index (χ1) is 13.0. The number of hydrogen-bond acceptors (Lipinski definition) is 3. The molecule has 2 fully saturated rings. The van der Waals surface area contributed by atoms with E-state index in [1.165, 1.54) is 21.9 Å². The van der Waals surface area contributed by atoms with E-state index in [0.717, 1.165) is 24.8 Å². The minimum atomic E-state index is -0.587. The minimum absolute atomic E-state index is 0.0363. The molecule has 0 spiro atoms. The lowest BCUT2D eigenvalue weighted by Crippen LogP contribution is -2.56. The van der Waals surface area contributed by atoms with Crippen LogP contribution in [-0.4, -0.2) is 71.7 Å². The summed E-state index contributed by atoms with van der Waals surface area (Å²) in [7, 11) is 0. The number of hydrogen-bond donors (Lipinski definition) is 0. The Bertz CT molecular complexity index is 707. The molecule has 3 rings (SSSR count). The molecule has 2 aliphatic rings. The molecule has 1 aromatic rings. The van der Waals surface area contributed by atoms with Crippen LogP contribution in [0.5, 0.6) is 0 Å². The molecule has 0 saturated carbocycles. The van der Waals surface area contributed by atoms with Crippen molar-refractivity contribution in [2.45, 2.75) is 26.2 Å². The number of piperazine rings is 1. The van der Waals surface area contributed by atoms with Crippen LogP contribution in [0.3, 0.4) is 0 Å². The summed E-state index contributed by atoms with van der Waals surface area (Å²) in [6.07, 6.45) is 2.73. The van der Waals surface area contributed by atoms with Crippen LogP contribution in [0.1, 0.15) is 25.3 Å². The molecule has 0 aliphatic carbocycles. The summed E-state index contributed by atoms with van der Waals surface area (Å²) >= 11 is 0. The molecule has 2 aliphatic heterocycles. The van der Waals surface area contributed by atoms with Gasteiger partial charge in [-0.2, -0.15) is 0 Å². The number of amides is 3. The lowest BCUT2D eigenvalue weighted by atomic mass is 9.91. The van der Waals surface area contributed by atoms with E-state index >= 15 is 0 Å². The van der Waals surface area contributed by atoms with Crippen molar-refractivity contribution in [3.05, 3.63) is 35.6 Å². The van der Waals surface area contributed by atoms with Crippen LogP contribution >= 0.6 is 0 Å². The number of likely N-dealkylation sites (tertiary alicyclic amines) is 1. The second-order valence-electron chi connectivity index (χ2n) is 7.29. The summed E-state index contributed by atoms with van der Waals surface area (Å²) in [5, 5.41) is 0. The highest BCUT2D eigenvalue weighted by Crippen LogP contribution is 2.21. The van der Waals surface area contributed by atoms with Crippen molar-refractivity contribution >= 4 is 17.7 Å². The molecule has 0 radical (unpaired) electrons. The number of benzene rings is 1. The van der Waals surface area contributed by atoms with Gasteiger partial charge in [-0.25, -0.2) is 4.39 Å². The van der Waals surface area contributed by atoms with E-state index < -0.39 is 11.8 Å². The maximum Gasteiger partial charge on any atom is 0.312 e. The first-order valence-electron chi connectivity index (χ1n) is 9.58. The minimum Gasteiger partial charge on any atom is -0.341 e. The molecular formula is C20H26FN3O3. The standard InChI is InChI=1S/C20H26FN3O3/c1-2-22-10-11-24(20(27)19(22)26)14-18(25)23-9-3-4-16(13-23)12-15-5-7-17(21)8-6-15/h5-8,16H,2-4,9-14H2,1H3. The van der Waals surface area contributed by atoms with E-state index in [4.69, 9.17) is 0 Å². The maximum atomic E-state index is 13.0. The molecule has 0 bridgehead atoms. The molecular weight excluding hydrogens is 349 g/mol. The Balaban J connectivity index is 1.54. The highest BCUT2D eigenvalue weighted by molar-refractivity contribution is 6.35. The summed E-state index contributed by atoms with van der Waals surface area (Å²) in [6, 6.07) is 6.49. The predicted molar refractivity (Wildman–Crippen MR) is 98.2 cm³/mol. The molecule has 6 nitrogen and oxygen atoms in total. The fraction of sp³-hybridized carbons (Fsp3) is 0.550. The molecule has 146 valence electrons.